The molecule has 0 bridgehead atoms. The third-order valence-electron chi connectivity index (χ3n) is 4.24. The van der Waals surface area contributed by atoms with Crippen molar-refractivity contribution in [3.05, 3.63) is 29.8 Å². The summed E-state index contributed by atoms with van der Waals surface area (Å²) in [6.07, 6.45) is 6.65. The van der Waals surface area contributed by atoms with Crippen LogP contribution in [-0.2, 0) is 4.79 Å². The van der Waals surface area contributed by atoms with Gasteiger partial charge in [0, 0.05) is 11.7 Å². The molecule has 1 aromatic carbocycles. The van der Waals surface area contributed by atoms with Crippen LogP contribution in [0, 0.1) is 12.8 Å². The Bertz CT molecular complexity index is 438. The Morgan fingerprint density at radius 1 is 1.30 bits per heavy atom. The van der Waals surface area contributed by atoms with E-state index in [1.54, 1.807) is 0 Å². The van der Waals surface area contributed by atoms with E-state index in [4.69, 9.17) is 0 Å². The van der Waals surface area contributed by atoms with Gasteiger partial charge in [-0.05, 0) is 50.3 Å². The first-order chi connectivity index (χ1) is 9.65. The van der Waals surface area contributed by atoms with Gasteiger partial charge in [0.2, 0.25) is 5.91 Å². The summed E-state index contributed by atoms with van der Waals surface area (Å²) in [6.45, 7) is 4.63. The average Bonchev–Trinajstić information content (AvgIpc) is 2.46. The zero-order valence-electron chi connectivity index (χ0n) is 12.6. The van der Waals surface area contributed by atoms with Crippen molar-refractivity contribution >= 4 is 11.6 Å². The van der Waals surface area contributed by atoms with Crippen molar-refractivity contribution in [3.63, 3.8) is 0 Å². The number of anilines is 1. The van der Waals surface area contributed by atoms with Gasteiger partial charge in [-0.15, -0.1) is 0 Å². The molecule has 0 saturated heterocycles. The number of hydrogen-bond acceptors (Lipinski definition) is 2. The molecule has 3 heteroatoms. The van der Waals surface area contributed by atoms with E-state index >= 15 is 0 Å². The van der Waals surface area contributed by atoms with Gasteiger partial charge < -0.3 is 10.6 Å². The Morgan fingerprint density at radius 2 is 2.05 bits per heavy atom. The van der Waals surface area contributed by atoms with Gasteiger partial charge in [-0.1, -0.05) is 31.4 Å². The second-order valence-corrected chi connectivity index (χ2v) is 5.99. The maximum absolute atomic E-state index is 11.9. The molecule has 1 aliphatic rings. The van der Waals surface area contributed by atoms with Gasteiger partial charge in [0.15, 0.2) is 0 Å². The Labute approximate surface area is 122 Å². The molecule has 3 nitrogen and oxygen atoms in total. The van der Waals surface area contributed by atoms with E-state index in [1.165, 1.54) is 32.1 Å². The summed E-state index contributed by atoms with van der Waals surface area (Å²) in [7, 11) is 0. The maximum Gasteiger partial charge on any atom is 0.238 e. The van der Waals surface area contributed by atoms with Crippen molar-refractivity contribution in [2.75, 3.05) is 11.9 Å². The van der Waals surface area contributed by atoms with Crippen LogP contribution in [0.15, 0.2) is 24.3 Å². The Kier molecular flexibility index (Phi) is 5.60. The second kappa shape index (κ2) is 7.44. The van der Waals surface area contributed by atoms with Gasteiger partial charge in [0.05, 0.1) is 6.54 Å². The van der Waals surface area contributed by atoms with Crippen LogP contribution in [0.4, 0.5) is 5.69 Å². The number of rotatable bonds is 5. The lowest BCUT2D eigenvalue weighted by atomic mass is 9.84. The molecule has 0 aromatic heterocycles. The number of amides is 1. The zero-order valence-corrected chi connectivity index (χ0v) is 12.6. The summed E-state index contributed by atoms with van der Waals surface area (Å²) in [4.78, 5) is 11.9. The highest BCUT2D eigenvalue weighted by Gasteiger charge is 2.20. The van der Waals surface area contributed by atoms with Crippen molar-refractivity contribution < 1.29 is 4.79 Å². The monoisotopic (exact) mass is 274 g/mol. The largest absolute Gasteiger partial charge is 0.325 e. The lowest BCUT2D eigenvalue weighted by molar-refractivity contribution is -0.115. The highest BCUT2D eigenvalue weighted by atomic mass is 16.1. The smallest absolute Gasteiger partial charge is 0.238 e. The Hall–Kier alpha value is -1.35. The predicted octanol–water partition coefficient (Wildman–Crippen LogP) is 3.49. The average molecular weight is 274 g/mol. The Morgan fingerprint density at radius 3 is 2.75 bits per heavy atom. The molecule has 0 heterocycles. The highest BCUT2D eigenvalue weighted by molar-refractivity contribution is 5.92. The quantitative estimate of drug-likeness (QED) is 0.863. The molecule has 2 rings (SSSR count). The standard InChI is InChI=1S/C17H26N2O/c1-13-7-6-10-16(11-13)19-17(20)12-18-14(2)15-8-4-3-5-9-15/h6-7,10-11,14-15,18H,3-5,8-9,12H2,1-2H3,(H,19,20)/t14-/m0/s1. The molecule has 1 aromatic rings. The van der Waals surface area contributed by atoms with E-state index in [1.807, 2.05) is 31.2 Å². The SMILES string of the molecule is Cc1cccc(NC(=O)CN[C@@H](C)C2CCCCC2)c1. The van der Waals surface area contributed by atoms with Crippen LogP contribution in [0.5, 0.6) is 0 Å². The van der Waals surface area contributed by atoms with Crippen molar-refractivity contribution in [1.82, 2.24) is 5.32 Å². The third-order valence-corrected chi connectivity index (χ3v) is 4.24. The minimum absolute atomic E-state index is 0.0401. The van der Waals surface area contributed by atoms with Gasteiger partial charge in [-0.25, -0.2) is 0 Å². The predicted molar refractivity (Wildman–Crippen MR) is 83.8 cm³/mol. The van der Waals surface area contributed by atoms with E-state index in [0.29, 0.717) is 12.6 Å². The first-order valence-electron chi connectivity index (χ1n) is 7.75. The molecule has 2 N–H and O–H groups in total. The molecule has 1 saturated carbocycles. The fourth-order valence-corrected chi connectivity index (χ4v) is 2.98. The van der Waals surface area contributed by atoms with E-state index in [-0.39, 0.29) is 5.91 Å². The fourth-order valence-electron chi connectivity index (χ4n) is 2.98. The summed E-state index contributed by atoms with van der Waals surface area (Å²) >= 11 is 0. The molecule has 1 aliphatic carbocycles. The maximum atomic E-state index is 11.9. The van der Waals surface area contributed by atoms with Crippen LogP contribution in [0.2, 0.25) is 0 Å². The summed E-state index contributed by atoms with van der Waals surface area (Å²) in [5.41, 5.74) is 2.04. The Balaban J connectivity index is 1.74. The van der Waals surface area contributed by atoms with Crippen LogP contribution in [0.3, 0.4) is 0 Å². The molecule has 0 radical (unpaired) electrons. The molecule has 0 spiro atoms. The van der Waals surface area contributed by atoms with Gasteiger partial charge in [0.25, 0.3) is 0 Å². The molecule has 0 aliphatic heterocycles. The number of nitrogens with one attached hydrogen (secondary N) is 2. The van der Waals surface area contributed by atoms with Crippen LogP contribution in [0.25, 0.3) is 0 Å². The molecule has 0 unspecified atom stereocenters. The van der Waals surface area contributed by atoms with Crippen molar-refractivity contribution in [1.29, 1.82) is 0 Å². The fraction of sp³-hybridized carbons (Fsp3) is 0.588. The highest BCUT2D eigenvalue weighted by Crippen LogP contribution is 2.26. The van der Waals surface area contributed by atoms with Crippen molar-refractivity contribution in [2.45, 2.75) is 52.0 Å². The molecule has 1 amide bonds. The molecular weight excluding hydrogens is 248 g/mol. The van der Waals surface area contributed by atoms with Crippen LogP contribution in [0.1, 0.15) is 44.6 Å². The number of benzene rings is 1. The zero-order chi connectivity index (χ0) is 14.4. The molecular formula is C17H26N2O. The van der Waals surface area contributed by atoms with E-state index in [2.05, 4.69) is 17.6 Å². The van der Waals surface area contributed by atoms with Gasteiger partial charge in [-0.2, -0.15) is 0 Å². The van der Waals surface area contributed by atoms with Gasteiger partial charge in [0.1, 0.15) is 0 Å². The first kappa shape index (κ1) is 15.0. The normalized spacial score (nSPS) is 17.7. The summed E-state index contributed by atoms with van der Waals surface area (Å²) < 4.78 is 0. The first-order valence-corrected chi connectivity index (χ1v) is 7.75. The van der Waals surface area contributed by atoms with Crippen molar-refractivity contribution in [2.24, 2.45) is 5.92 Å². The molecule has 110 valence electrons. The van der Waals surface area contributed by atoms with Gasteiger partial charge in [-0.3, -0.25) is 4.79 Å². The number of aryl methyl sites for hydroxylation is 1. The van der Waals surface area contributed by atoms with E-state index in [9.17, 15) is 4.79 Å². The number of carbonyl (C=O) groups excluding carboxylic acids is 1. The third kappa shape index (κ3) is 4.64. The molecule has 1 fully saturated rings. The minimum Gasteiger partial charge on any atom is -0.325 e. The topological polar surface area (TPSA) is 41.1 Å². The lowest BCUT2D eigenvalue weighted by Gasteiger charge is -2.28. The second-order valence-electron chi connectivity index (χ2n) is 5.99. The van der Waals surface area contributed by atoms with Gasteiger partial charge >= 0.3 is 0 Å². The number of hydrogen-bond donors (Lipinski definition) is 2. The van der Waals surface area contributed by atoms with Crippen LogP contribution in [-0.4, -0.2) is 18.5 Å². The molecule has 20 heavy (non-hydrogen) atoms. The summed E-state index contributed by atoms with van der Waals surface area (Å²) in [5.74, 6) is 0.772. The summed E-state index contributed by atoms with van der Waals surface area (Å²) in [5, 5.41) is 6.31. The summed E-state index contributed by atoms with van der Waals surface area (Å²) in [6, 6.07) is 8.33. The van der Waals surface area contributed by atoms with Crippen molar-refractivity contribution in [3.8, 4) is 0 Å². The lowest BCUT2D eigenvalue weighted by Crippen LogP contribution is -2.39. The molecule has 1 atom stereocenters. The van der Waals surface area contributed by atoms with E-state index in [0.717, 1.165) is 17.2 Å². The number of carbonyl (C=O) groups is 1. The minimum atomic E-state index is 0.0401. The van der Waals surface area contributed by atoms with E-state index < -0.39 is 0 Å². The van der Waals surface area contributed by atoms with Crippen LogP contribution >= 0.6 is 0 Å². The van der Waals surface area contributed by atoms with Crippen LogP contribution < -0.4 is 10.6 Å².